The fourth-order valence-corrected chi connectivity index (χ4v) is 4.45. The summed E-state index contributed by atoms with van der Waals surface area (Å²) in [6.45, 7) is 0. The summed E-state index contributed by atoms with van der Waals surface area (Å²) in [5, 5.41) is 3.30. The second kappa shape index (κ2) is 6.45. The van der Waals surface area contributed by atoms with E-state index in [0.29, 0.717) is 17.9 Å². The molecule has 0 radical (unpaired) electrons. The van der Waals surface area contributed by atoms with Crippen LogP contribution in [0.3, 0.4) is 0 Å². The highest BCUT2D eigenvalue weighted by molar-refractivity contribution is 5.85. The van der Waals surface area contributed by atoms with E-state index >= 15 is 0 Å². The van der Waals surface area contributed by atoms with E-state index in [1.54, 1.807) is 0 Å². The molecule has 4 unspecified atom stereocenters. The molecule has 3 nitrogen and oxygen atoms in total. The Bertz CT molecular complexity index is 313. The van der Waals surface area contributed by atoms with Crippen LogP contribution in [0.25, 0.3) is 0 Å². The van der Waals surface area contributed by atoms with Crippen LogP contribution in [0.2, 0.25) is 0 Å². The molecule has 3 rings (SSSR count). The molecule has 1 amide bonds. The van der Waals surface area contributed by atoms with Gasteiger partial charge in [0, 0.05) is 12.1 Å². The Kier molecular flexibility index (Phi) is 5.13. The van der Waals surface area contributed by atoms with Gasteiger partial charge in [-0.05, 0) is 43.9 Å². The van der Waals surface area contributed by atoms with E-state index in [0.717, 1.165) is 0 Å². The minimum Gasteiger partial charge on any atom is -0.353 e. The second-order valence-electron chi connectivity index (χ2n) is 6.63. The van der Waals surface area contributed by atoms with Crippen molar-refractivity contribution in [1.82, 2.24) is 5.32 Å². The fourth-order valence-electron chi connectivity index (χ4n) is 4.45. The van der Waals surface area contributed by atoms with Gasteiger partial charge in [-0.25, -0.2) is 0 Å². The highest BCUT2D eigenvalue weighted by Crippen LogP contribution is 2.47. The zero-order valence-electron chi connectivity index (χ0n) is 11.6. The molecule has 0 aliphatic heterocycles. The summed E-state index contributed by atoms with van der Waals surface area (Å²) in [6.07, 6.45) is 11.2. The van der Waals surface area contributed by atoms with Gasteiger partial charge in [-0.1, -0.05) is 25.7 Å². The predicted octanol–water partition coefficient (Wildman–Crippen LogP) is 2.62. The van der Waals surface area contributed by atoms with E-state index in [4.69, 9.17) is 5.73 Å². The Morgan fingerprint density at radius 1 is 0.947 bits per heavy atom. The molecule has 19 heavy (non-hydrogen) atoms. The molecule has 0 saturated heterocycles. The zero-order chi connectivity index (χ0) is 12.5. The molecule has 3 fully saturated rings. The summed E-state index contributed by atoms with van der Waals surface area (Å²) in [7, 11) is 0. The number of halogens is 1. The fraction of sp³-hybridized carbons (Fsp3) is 0.933. The van der Waals surface area contributed by atoms with Gasteiger partial charge < -0.3 is 11.1 Å². The summed E-state index contributed by atoms with van der Waals surface area (Å²) in [5.41, 5.74) is 6.24. The van der Waals surface area contributed by atoms with E-state index in [-0.39, 0.29) is 30.3 Å². The van der Waals surface area contributed by atoms with Gasteiger partial charge in [-0.15, -0.1) is 12.4 Å². The molecule has 4 heteroatoms. The molecule has 3 saturated carbocycles. The van der Waals surface area contributed by atoms with Gasteiger partial charge in [-0.3, -0.25) is 4.79 Å². The number of carbonyl (C=O) groups excluding carboxylic acids is 1. The van der Waals surface area contributed by atoms with Gasteiger partial charge in [0.25, 0.3) is 0 Å². The van der Waals surface area contributed by atoms with Crippen molar-refractivity contribution in [2.45, 2.75) is 69.9 Å². The SMILES string of the molecule is Cl.NC1C2CCC(C2)C1C(=O)NC1CCCCCC1. The number of nitrogens with two attached hydrogens (primary N) is 1. The van der Waals surface area contributed by atoms with Crippen molar-refractivity contribution in [1.29, 1.82) is 0 Å². The summed E-state index contributed by atoms with van der Waals surface area (Å²) >= 11 is 0. The maximum Gasteiger partial charge on any atom is 0.225 e. The van der Waals surface area contributed by atoms with Crippen LogP contribution in [0.4, 0.5) is 0 Å². The van der Waals surface area contributed by atoms with Crippen LogP contribution in [0.1, 0.15) is 57.8 Å². The average Bonchev–Trinajstić information content (AvgIpc) is 2.83. The minimum absolute atomic E-state index is 0. The lowest BCUT2D eigenvalue weighted by molar-refractivity contribution is -0.127. The van der Waals surface area contributed by atoms with Crippen molar-refractivity contribution in [3.63, 3.8) is 0 Å². The number of nitrogens with one attached hydrogen (secondary N) is 1. The smallest absolute Gasteiger partial charge is 0.225 e. The maximum absolute atomic E-state index is 12.4. The molecule has 4 atom stereocenters. The van der Waals surface area contributed by atoms with Crippen molar-refractivity contribution in [2.24, 2.45) is 23.5 Å². The quantitative estimate of drug-likeness (QED) is 0.767. The van der Waals surface area contributed by atoms with Crippen LogP contribution in [0, 0.1) is 17.8 Å². The molecular formula is C15H27ClN2O. The Hall–Kier alpha value is -0.280. The van der Waals surface area contributed by atoms with Gasteiger partial charge in [0.1, 0.15) is 0 Å². The molecule has 110 valence electrons. The molecular weight excluding hydrogens is 260 g/mol. The van der Waals surface area contributed by atoms with Gasteiger partial charge in [0.15, 0.2) is 0 Å². The normalized spacial score (nSPS) is 38.6. The summed E-state index contributed by atoms with van der Waals surface area (Å²) in [4.78, 5) is 12.4. The zero-order valence-corrected chi connectivity index (χ0v) is 12.5. The number of fused-ring (bicyclic) bond motifs is 2. The average molecular weight is 287 g/mol. The largest absolute Gasteiger partial charge is 0.353 e. The summed E-state index contributed by atoms with van der Waals surface area (Å²) in [6, 6.07) is 0.556. The third kappa shape index (κ3) is 3.08. The van der Waals surface area contributed by atoms with E-state index in [1.165, 1.54) is 57.8 Å². The monoisotopic (exact) mass is 286 g/mol. The van der Waals surface area contributed by atoms with Crippen molar-refractivity contribution >= 4 is 18.3 Å². The third-order valence-corrected chi connectivity index (χ3v) is 5.48. The lowest BCUT2D eigenvalue weighted by Gasteiger charge is -2.29. The van der Waals surface area contributed by atoms with Crippen molar-refractivity contribution in [2.75, 3.05) is 0 Å². The summed E-state index contributed by atoms with van der Waals surface area (Å²) in [5.74, 6) is 1.59. The standard InChI is InChI=1S/C15H26N2O.ClH/c16-14-11-8-7-10(9-11)13(14)15(18)17-12-5-3-1-2-4-6-12;/h10-14H,1-9,16H2,(H,17,18);1H. The van der Waals surface area contributed by atoms with Gasteiger partial charge in [-0.2, -0.15) is 0 Å². The molecule has 0 spiro atoms. The molecule has 3 aliphatic carbocycles. The van der Waals surface area contributed by atoms with E-state index in [2.05, 4.69) is 5.32 Å². The first kappa shape index (κ1) is 15.1. The molecule has 0 aromatic heterocycles. The van der Waals surface area contributed by atoms with Crippen LogP contribution in [-0.4, -0.2) is 18.0 Å². The Balaban J connectivity index is 0.00000133. The third-order valence-electron chi connectivity index (χ3n) is 5.48. The minimum atomic E-state index is 0. The number of amides is 1. The van der Waals surface area contributed by atoms with E-state index in [1.807, 2.05) is 0 Å². The molecule has 0 heterocycles. The van der Waals surface area contributed by atoms with E-state index < -0.39 is 0 Å². The van der Waals surface area contributed by atoms with Gasteiger partial charge in [0.05, 0.1) is 5.92 Å². The van der Waals surface area contributed by atoms with Gasteiger partial charge >= 0.3 is 0 Å². The predicted molar refractivity (Wildman–Crippen MR) is 79.2 cm³/mol. The maximum atomic E-state index is 12.4. The Morgan fingerprint density at radius 2 is 1.58 bits per heavy atom. The van der Waals surface area contributed by atoms with Gasteiger partial charge in [0.2, 0.25) is 5.91 Å². The van der Waals surface area contributed by atoms with Crippen LogP contribution in [0.5, 0.6) is 0 Å². The highest BCUT2D eigenvalue weighted by Gasteiger charge is 2.49. The molecule has 0 aromatic rings. The summed E-state index contributed by atoms with van der Waals surface area (Å²) < 4.78 is 0. The van der Waals surface area contributed by atoms with Crippen LogP contribution < -0.4 is 11.1 Å². The molecule has 0 aromatic carbocycles. The molecule has 2 bridgehead atoms. The lowest BCUT2D eigenvalue weighted by atomic mass is 9.84. The molecule has 3 N–H and O–H groups in total. The highest BCUT2D eigenvalue weighted by atomic mass is 35.5. The molecule has 3 aliphatic rings. The first-order valence-electron chi connectivity index (χ1n) is 7.81. The Morgan fingerprint density at radius 3 is 2.16 bits per heavy atom. The number of carbonyl (C=O) groups is 1. The first-order valence-corrected chi connectivity index (χ1v) is 7.81. The Labute approximate surface area is 122 Å². The van der Waals surface area contributed by atoms with Crippen LogP contribution >= 0.6 is 12.4 Å². The van der Waals surface area contributed by atoms with Crippen LogP contribution in [-0.2, 0) is 4.79 Å². The lowest BCUT2D eigenvalue weighted by Crippen LogP contribution is -2.48. The number of hydrogen-bond donors (Lipinski definition) is 2. The van der Waals surface area contributed by atoms with Crippen molar-refractivity contribution in [3.8, 4) is 0 Å². The van der Waals surface area contributed by atoms with Crippen LogP contribution in [0.15, 0.2) is 0 Å². The first-order chi connectivity index (χ1) is 8.75. The number of rotatable bonds is 2. The topological polar surface area (TPSA) is 55.1 Å². The number of hydrogen-bond acceptors (Lipinski definition) is 2. The van der Waals surface area contributed by atoms with Crippen molar-refractivity contribution in [3.05, 3.63) is 0 Å². The second-order valence-corrected chi connectivity index (χ2v) is 6.63. The van der Waals surface area contributed by atoms with Crippen molar-refractivity contribution < 1.29 is 4.79 Å². The van der Waals surface area contributed by atoms with E-state index in [9.17, 15) is 4.79 Å².